The molecular weight excluding hydrogens is 461 g/mol. The normalized spacial score (nSPS) is 16.3. The van der Waals surface area contributed by atoms with Crippen LogP contribution in [0.2, 0.25) is 0 Å². The summed E-state index contributed by atoms with van der Waals surface area (Å²) in [6.07, 6.45) is 3.42. The van der Waals surface area contributed by atoms with E-state index in [1.807, 2.05) is 18.8 Å². The number of aromatic nitrogens is 2. The molecule has 1 atom stereocenters. The minimum Gasteiger partial charge on any atom is -0.356 e. The summed E-state index contributed by atoms with van der Waals surface area (Å²) in [5.74, 6) is 0.876. The van der Waals surface area contributed by atoms with E-state index in [4.69, 9.17) is 0 Å². The highest BCUT2D eigenvalue weighted by molar-refractivity contribution is 14.0. The molecule has 0 amide bonds. The second-order valence-electron chi connectivity index (χ2n) is 8.04. The molecule has 154 valence electrons. The fourth-order valence-corrected chi connectivity index (χ4v) is 4.01. The van der Waals surface area contributed by atoms with Gasteiger partial charge in [0.15, 0.2) is 5.96 Å². The zero-order valence-corrected chi connectivity index (χ0v) is 20.3. The Labute approximate surface area is 186 Å². The Hall–Kier alpha value is -1.57. The summed E-state index contributed by atoms with van der Waals surface area (Å²) in [4.78, 5) is 4.44. The molecule has 2 aromatic rings. The third kappa shape index (κ3) is 4.88. The van der Waals surface area contributed by atoms with Crippen LogP contribution in [0.5, 0.6) is 0 Å². The van der Waals surface area contributed by atoms with Crippen molar-refractivity contribution in [2.45, 2.75) is 58.4 Å². The first kappa shape index (κ1) is 22.7. The van der Waals surface area contributed by atoms with E-state index in [0.29, 0.717) is 0 Å². The number of hydrogen-bond donors (Lipinski definition) is 2. The van der Waals surface area contributed by atoms with Crippen LogP contribution in [0.4, 0.5) is 0 Å². The van der Waals surface area contributed by atoms with Crippen LogP contribution in [-0.2, 0) is 18.9 Å². The zero-order valence-electron chi connectivity index (χ0n) is 18.0. The molecule has 0 spiro atoms. The number of benzene rings is 1. The van der Waals surface area contributed by atoms with Crippen LogP contribution >= 0.6 is 24.0 Å². The number of aliphatic imine (C=N–C) groups is 1. The van der Waals surface area contributed by atoms with E-state index in [9.17, 15) is 0 Å². The Morgan fingerprint density at radius 2 is 1.93 bits per heavy atom. The molecule has 0 radical (unpaired) electrons. The van der Waals surface area contributed by atoms with Gasteiger partial charge in [-0.2, -0.15) is 5.10 Å². The Balaban J connectivity index is 0.00000280. The molecule has 1 aliphatic rings. The summed E-state index contributed by atoms with van der Waals surface area (Å²) in [6.45, 7) is 9.56. The SMILES string of the molecule is CN=C(NCC1(c2ccccc2C)CC1)NC(C)Cc1c(C)nn(C)c1C.I. The second kappa shape index (κ2) is 9.29. The molecule has 1 aromatic carbocycles. The van der Waals surface area contributed by atoms with Crippen LogP contribution in [0.1, 0.15) is 47.8 Å². The first-order chi connectivity index (χ1) is 12.9. The number of guanidine groups is 1. The van der Waals surface area contributed by atoms with Crippen molar-refractivity contribution in [3.8, 4) is 0 Å². The maximum atomic E-state index is 4.52. The van der Waals surface area contributed by atoms with Gasteiger partial charge in [0.1, 0.15) is 0 Å². The average molecular weight is 495 g/mol. The highest BCUT2D eigenvalue weighted by Crippen LogP contribution is 2.48. The van der Waals surface area contributed by atoms with Crippen molar-refractivity contribution in [2.24, 2.45) is 12.0 Å². The minimum atomic E-state index is 0. The Bertz CT molecular complexity index is 835. The molecule has 3 rings (SSSR count). The minimum absolute atomic E-state index is 0. The predicted octanol–water partition coefficient (Wildman–Crippen LogP) is 3.79. The molecule has 28 heavy (non-hydrogen) atoms. The van der Waals surface area contributed by atoms with Gasteiger partial charge in [0.2, 0.25) is 0 Å². The van der Waals surface area contributed by atoms with Gasteiger partial charge in [-0.3, -0.25) is 9.67 Å². The van der Waals surface area contributed by atoms with Crippen molar-refractivity contribution in [1.82, 2.24) is 20.4 Å². The largest absolute Gasteiger partial charge is 0.356 e. The van der Waals surface area contributed by atoms with Crippen molar-refractivity contribution < 1.29 is 0 Å². The molecule has 1 unspecified atom stereocenters. The lowest BCUT2D eigenvalue weighted by atomic mass is 9.92. The Kier molecular flexibility index (Phi) is 7.53. The lowest BCUT2D eigenvalue weighted by Gasteiger charge is -2.23. The standard InChI is InChI=1S/C22H33N5.HI/c1-15-9-7-8-10-20(15)22(11-12-22)14-24-21(23-5)25-16(2)13-19-17(3)26-27(6)18(19)4;/h7-10,16H,11-14H2,1-6H3,(H2,23,24,25);1H. The molecule has 6 heteroatoms. The lowest BCUT2D eigenvalue weighted by Crippen LogP contribution is -2.45. The van der Waals surface area contributed by atoms with Gasteiger partial charge in [-0.1, -0.05) is 24.3 Å². The average Bonchev–Trinajstić information content (AvgIpc) is 3.39. The molecule has 1 aromatic heterocycles. The van der Waals surface area contributed by atoms with E-state index in [0.717, 1.165) is 24.6 Å². The monoisotopic (exact) mass is 495 g/mol. The summed E-state index contributed by atoms with van der Waals surface area (Å²) in [5, 5.41) is 11.6. The van der Waals surface area contributed by atoms with Gasteiger partial charge in [0.05, 0.1) is 5.69 Å². The quantitative estimate of drug-likeness (QED) is 0.364. The van der Waals surface area contributed by atoms with Gasteiger partial charge in [0, 0.05) is 37.8 Å². The summed E-state index contributed by atoms with van der Waals surface area (Å²) in [7, 11) is 3.85. The number of rotatable bonds is 6. The molecule has 0 saturated heterocycles. The molecule has 1 saturated carbocycles. The molecule has 0 aliphatic heterocycles. The number of aryl methyl sites for hydroxylation is 3. The van der Waals surface area contributed by atoms with Crippen molar-refractivity contribution in [3.63, 3.8) is 0 Å². The lowest BCUT2D eigenvalue weighted by molar-refractivity contribution is 0.606. The van der Waals surface area contributed by atoms with Gasteiger partial charge in [-0.25, -0.2) is 0 Å². The third-order valence-electron chi connectivity index (χ3n) is 5.94. The third-order valence-corrected chi connectivity index (χ3v) is 5.94. The summed E-state index contributed by atoms with van der Waals surface area (Å²) < 4.78 is 1.96. The molecule has 1 fully saturated rings. The number of hydrogen-bond acceptors (Lipinski definition) is 2. The number of halogens is 1. The van der Waals surface area contributed by atoms with Gasteiger partial charge in [0.25, 0.3) is 0 Å². The molecule has 1 aliphatic carbocycles. The van der Waals surface area contributed by atoms with Crippen molar-refractivity contribution >= 4 is 29.9 Å². The maximum absolute atomic E-state index is 4.52. The first-order valence-corrected chi connectivity index (χ1v) is 9.88. The van der Waals surface area contributed by atoms with Crippen molar-refractivity contribution in [2.75, 3.05) is 13.6 Å². The van der Waals surface area contributed by atoms with Gasteiger partial charge in [-0.15, -0.1) is 24.0 Å². The summed E-state index contributed by atoms with van der Waals surface area (Å²) in [6, 6.07) is 9.04. The van der Waals surface area contributed by atoms with Crippen molar-refractivity contribution in [1.29, 1.82) is 0 Å². The van der Waals surface area contributed by atoms with Gasteiger partial charge < -0.3 is 10.6 Å². The second-order valence-corrected chi connectivity index (χ2v) is 8.04. The van der Waals surface area contributed by atoms with Gasteiger partial charge >= 0.3 is 0 Å². The van der Waals surface area contributed by atoms with Crippen molar-refractivity contribution in [3.05, 3.63) is 52.3 Å². The van der Waals surface area contributed by atoms with Crippen LogP contribution in [-0.4, -0.2) is 35.4 Å². The van der Waals surface area contributed by atoms with Crippen LogP contribution < -0.4 is 10.6 Å². The number of nitrogens with one attached hydrogen (secondary N) is 2. The molecule has 2 N–H and O–H groups in total. The molecule has 0 bridgehead atoms. The molecule has 1 heterocycles. The van der Waals surface area contributed by atoms with Crippen LogP contribution in [0.15, 0.2) is 29.3 Å². The Morgan fingerprint density at radius 1 is 1.25 bits per heavy atom. The van der Waals surface area contributed by atoms with E-state index in [1.54, 1.807) is 0 Å². The summed E-state index contributed by atoms with van der Waals surface area (Å²) >= 11 is 0. The summed E-state index contributed by atoms with van der Waals surface area (Å²) in [5.41, 5.74) is 6.80. The van der Waals surface area contributed by atoms with Crippen LogP contribution in [0.3, 0.4) is 0 Å². The highest BCUT2D eigenvalue weighted by Gasteiger charge is 2.44. The van der Waals surface area contributed by atoms with E-state index in [1.165, 1.54) is 35.2 Å². The maximum Gasteiger partial charge on any atom is 0.191 e. The van der Waals surface area contributed by atoms with Crippen LogP contribution in [0, 0.1) is 20.8 Å². The topological polar surface area (TPSA) is 54.2 Å². The predicted molar refractivity (Wildman–Crippen MR) is 128 cm³/mol. The molecular formula is C22H34IN5. The molecule has 5 nitrogen and oxygen atoms in total. The number of nitrogens with zero attached hydrogens (tertiary/aromatic N) is 3. The van der Waals surface area contributed by atoms with E-state index in [2.05, 4.69) is 72.7 Å². The smallest absolute Gasteiger partial charge is 0.191 e. The van der Waals surface area contributed by atoms with E-state index in [-0.39, 0.29) is 35.4 Å². The zero-order chi connectivity index (χ0) is 19.6. The van der Waals surface area contributed by atoms with E-state index < -0.39 is 0 Å². The fraction of sp³-hybridized carbons (Fsp3) is 0.545. The fourth-order valence-electron chi connectivity index (χ4n) is 4.01. The Morgan fingerprint density at radius 3 is 2.46 bits per heavy atom. The van der Waals surface area contributed by atoms with Gasteiger partial charge in [-0.05, 0) is 63.6 Å². The highest BCUT2D eigenvalue weighted by atomic mass is 127. The van der Waals surface area contributed by atoms with E-state index >= 15 is 0 Å². The van der Waals surface area contributed by atoms with Crippen LogP contribution in [0.25, 0.3) is 0 Å². The first-order valence-electron chi connectivity index (χ1n) is 9.88.